The van der Waals surface area contributed by atoms with Crippen molar-refractivity contribution in [3.8, 4) is 5.75 Å². The summed E-state index contributed by atoms with van der Waals surface area (Å²) in [5.41, 5.74) is 1.05. The zero-order chi connectivity index (χ0) is 16.9. The largest absolute Gasteiger partial charge is 0.496 e. The molecule has 0 bridgehead atoms. The van der Waals surface area contributed by atoms with Gasteiger partial charge in [-0.05, 0) is 18.4 Å². The van der Waals surface area contributed by atoms with Gasteiger partial charge in [0.05, 0.1) is 13.4 Å². The van der Waals surface area contributed by atoms with Crippen LogP contribution in [0.5, 0.6) is 5.75 Å². The van der Waals surface area contributed by atoms with Gasteiger partial charge in [-0.25, -0.2) is 12.7 Å². The van der Waals surface area contributed by atoms with Crippen molar-refractivity contribution in [2.45, 2.75) is 19.4 Å². The van der Waals surface area contributed by atoms with E-state index in [0.717, 1.165) is 24.3 Å². The van der Waals surface area contributed by atoms with Crippen LogP contribution in [0.4, 0.5) is 0 Å². The maximum Gasteiger partial charge on any atom is 0.211 e. The van der Waals surface area contributed by atoms with Crippen molar-refractivity contribution in [2.75, 3.05) is 33.0 Å². The first-order chi connectivity index (χ1) is 10.9. The van der Waals surface area contributed by atoms with E-state index in [1.165, 1.54) is 6.26 Å². The number of methoxy groups -OCH3 is 1. The van der Waals surface area contributed by atoms with Crippen LogP contribution in [0.2, 0.25) is 0 Å². The average molecular weight is 338 g/mol. The highest BCUT2D eigenvalue weighted by Gasteiger charge is 2.29. The predicted molar refractivity (Wildman–Crippen MR) is 94.0 cm³/mol. The maximum atomic E-state index is 11.6. The molecule has 0 aromatic heterocycles. The second-order valence-electron chi connectivity index (χ2n) is 6.05. The Morgan fingerprint density at radius 1 is 1.39 bits per heavy atom. The lowest BCUT2D eigenvalue weighted by Crippen LogP contribution is -2.49. The Hall–Kier alpha value is -1.37. The molecular formula is C17H26N2O3S. The van der Waals surface area contributed by atoms with E-state index in [1.807, 2.05) is 30.3 Å². The minimum atomic E-state index is -3.07. The van der Waals surface area contributed by atoms with Gasteiger partial charge in [-0.1, -0.05) is 37.3 Å². The highest BCUT2D eigenvalue weighted by Crippen LogP contribution is 2.20. The Morgan fingerprint density at radius 2 is 2.13 bits per heavy atom. The number of hydrogen-bond donors (Lipinski definition) is 1. The first kappa shape index (κ1) is 18.0. The van der Waals surface area contributed by atoms with Crippen LogP contribution in [-0.4, -0.2) is 51.8 Å². The topological polar surface area (TPSA) is 58.6 Å². The van der Waals surface area contributed by atoms with Crippen molar-refractivity contribution in [3.05, 3.63) is 35.9 Å². The van der Waals surface area contributed by atoms with Gasteiger partial charge in [0, 0.05) is 31.2 Å². The summed E-state index contributed by atoms with van der Waals surface area (Å²) in [6, 6.07) is 8.23. The van der Waals surface area contributed by atoms with Crippen molar-refractivity contribution >= 4 is 16.1 Å². The Balaban J connectivity index is 1.84. The first-order valence-corrected chi connectivity index (χ1v) is 9.74. The lowest BCUT2D eigenvalue weighted by Gasteiger charge is -2.35. The van der Waals surface area contributed by atoms with Gasteiger partial charge < -0.3 is 10.1 Å². The molecule has 1 aliphatic rings. The number of ether oxygens (including phenoxy) is 1. The molecule has 2 rings (SSSR count). The molecule has 1 aromatic rings. The Kier molecular flexibility index (Phi) is 6.21. The molecule has 1 aromatic carbocycles. The van der Waals surface area contributed by atoms with Crippen molar-refractivity contribution < 1.29 is 13.2 Å². The minimum absolute atomic E-state index is 0.304. The molecule has 0 spiro atoms. The number of piperidine rings is 1. The number of benzene rings is 1. The van der Waals surface area contributed by atoms with E-state index in [2.05, 4.69) is 18.3 Å². The fourth-order valence-corrected chi connectivity index (χ4v) is 3.86. The molecule has 0 unspecified atom stereocenters. The van der Waals surface area contributed by atoms with Crippen molar-refractivity contribution in [1.82, 2.24) is 9.62 Å². The van der Waals surface area contributed by atoms with Gasteiger partial charge in [0.25, 0.3) is 0 Å². The number of nitrogens with one attached hydrogen (secondary N) is 1. The summed E-state index contributed by atoms with van der Waals surface area (Å²) in [6.45, 7) is 4.04. The number of hydrogen-bond acceptors (Lipinski definition) is 4. The number of rotatable bonds is 6. The third kappa shape index (κ3) is 5.06. The van der Waals surface area contributed by atoms with E-state index in [1.54, 1.807) is 11.4 Å². The van der Waals surface area contributed by atoms with E-state index in [0.29, 0.717) is 25.0 Å². The molecule has 0 saturated carbocycles. The molecular weight excluding hydrogens is 312 g/mol. The monoisotopic (exact) mass is 338 g/mol. The molecule has 1 N–H and O–H groups in total. The summed E-state index contributed by atoms with van der Waals surface area (Å²) in [5, 5.41) is 3.50. The molecule has 23 heavy (non-hydrogen) atoms. The SMILES string of the molecule is COc1ccccc1/C=C\CN[C@@H]1CCN(S(C)(=O)=O)C[C@@H]1C. The third-order valence-corrected chi connectivity index (χ3v) is 5.54. The zero-order valence-electron chi connectivity index (χ0n) is 14.0. The van der Waals surface area contributed by atoms with E-state index >= 15 is 0 Å². The van der Waals surface area contributed by atoms with Crippen LogP contribution in [0.15, 0.2) is 30.3 Å². The Bertz CT molecular complexity index is 643. The normalized spacial score (nSPS) is 23.3. The molecule has 128 valence electrons. The highest BCUT2D eigenvalue weighted by molar-refractivity contribution is 7.88. The molecule has 1 heterocycles. The molecule has 6 heteroatoms. The van der Waals surface area contributed by atoms with Crippen LogP contribution in [0.3, 0.4) is 0 Å². The van der Waals surface area contributed by atoms with Crippen molar-refractivity contribution in [2.24, 2.45) is 5.92 Å². The summed E-state index contributed by atoms with van der Waals surface area (Å²) < 4.78 is 30.1. The molecule has 1 fully saturated rings. The summed E-state index contributed by atoms with van der Waals surface area (Å²) in [5.74, 6) is 1.16. The van der Waals surface area contributed by atoms with Gasteiger partial charge in [0.1, 0.15) is 5.75 Å². The number of nitrogens with zero attached hydrogens (tertiary/aromatic N) is 1. The molecule has 1 saturated heterocycles. The van der Waals surface area contributed by atoms with E-state index in [4.69, 9.17) is 4.74 Å². The van der Waals surface area contributed by atoms with Crippen LogP contribution < -0.4 is 10.1 Å². The average Bonchev–Trinajstić information content (AvgIpc) is 2.52. The summed E-state index contributed by atoms with van der Waals surface area (Å²) in [4.78, 5) is 0. The van der Waals surface area contributed by atoms with E-state index < -0.39 is 10.0 Å². The molecule has 0 aliphatic carbocycles. The van der Waals surface area contributed by atoms with Crippen LogP contribution in [0.25, 0.3) is 6.08 Å². The van der Waals surface area contributed by atoms with Crippen LogP contribution >= 0.6 is 0 Å². The predicted octanol–water partition coefficient (Wildman–Crippen LogP) is 1.97. The number of sulfonamides is 1. The quantitative estimate of drug-likeness (QED) is 0.861. The van der Waals surface area contributed by atoms with Crippen molar-refractivity contribution in [3.63, 3.8) is 0 Å². The fraction of sp³-hybridized carbons (Fsp3) is 0.529. The minimum Gasteiger partial charge on any atom is -0.496 e. The van der Waals surface area contributed by atoms with Gasteiger partial charge in [-0.15, -0.1) is 0 Å². The zero-order valence-corrected chi connectivity index (χ0v) is 14.8. The second-order valence-corrected chi connectivity index (χ2v) is 8.03. The summed E-state index contributed by atoms with van der Waals surface area (Å²) >= 11 is 0. The summed E-state index contributed by atoms with van der Waals surface area (Å²) in [6.07, 6.45) is 6.25. The first-order valence-electron chi connectivity index (χ1n) is 7.90. The Morgan fingerprint density at radius 3 is 2.78 bits per heavy atom. The van der Waals surface area contributed by atoms with Crippen LogP contribution in [-0.2, 0) is 10.0 Å². The second kappa shape index (κ2) is 7.95. The highest BCUT2D eigenvalue weighted by atomic mass is 32.2. The molecule has 0 amide bonds. The summed E-state index contributed by atoms with van der Waals surface area (Å²) in [7, 11) is -1.40. The standard InChI is InChI=1S/C17H26N2O3S/c1-14-13-19(23(3,20)21)12-10-16(14)18-11-6-8-15-7-4-5-9-17(15)22-2/h4-9,14,16,18H,10-13H2,1-3H3/b8-6-/t14-,16+/m0/s1. The van der Waals surface area contributed by atoms with Gasteiger partial charge in [-0.3, -0.25) is 0 Å². The van der Waals surface area contributed by atoms with Gasteiger partial charge in [0.2, 0.25) is 10.0 Å². The molecule has 2 atom stereocenters. The van der Waals surface area contributed by atoms with Crippen LogP contribution in [0.1, 0.15) is 18.9 Å². The lowest BCUT2D eigenvalue weighted by atomic mass is 9.95. The van der Waals surface area contributed by atoms with Gasteiger partial charge in [-0.2, -0.15) is 0 Å². The van der Waals surface area contributed by atoms with Crippen molar-refractivity contribution in [1.29, 1.82) is 0 Å². The van der Waals surface area contributed by atoms with E-state index in [-0.39, 0.29) is 0 Å². The number of para-hydroxylation sites is 1. The molecule has 1 aliphatic heterocycles. The van der Waals surface area contributed by atoms with Gasteiger partial charge >= 0.3 is 0 Å². The fourth-order valence-electron chi connectivity index (χ4n) is 2.92. The van der Waals surface area contributed by atoms with Crippen LogP contribution in [0, 0.1) is 5.92 Å². The lowest BCUT2D eigenvalue weighted by molar-refractivity contribution is 0.225. The third-order valence-electron chi connectivity index (χ3n) is 4.27. The Labute approximate surface area is 139 Å². The molecule has 0 radical (unpaired) electrons. The molecule has 5 nitrogen and oxygen atoms in total. The smallest absolute Gasteiger partial charge is 0.211 e. The van der Waals surface area contributed by atoms with Gasteiger partial charge in [0.15, 0.2) is 0 Å². The van der Waals surface area contributed by atoms with E-state index in [9.17, 15) is 8.42 Å². The maximum absolute atomic E-state index is 11.6.